The Morgan fingerprint density at radius 1 is 1.22 bits per heavy atom. The van der Waals surface area contributed by atoms with E-state index >= 15 is 0 Å². The number of allylic oxidation sites excluding steroid dienone is 1. The predicted molar refractivity (Wildman–Crippen MR) is 93.1 cm³/mol. The lowest BCUT2D eigenvalue weighted by Gasteiger charge is -2.06. The summed E-state index contributed by atoms with van der Waals surface area (Å²) < 4.78 is 1.87. The summed E-state index contributed by atoms with van der Waals surface area (Å²) in [5.41, 5.74) is 2.98. The topological polar surface area (TPSA) is 55.1 Å². The van der Waals surface area contributed by atoms with Gasteiger partial charge in [0.25, 0.3) is 0 Å². The lowest BCUT2D eigenvalue weighted by molar-refractivity contribution is 0.816. The number of nitrogens with zero attached hydrogens (tertiary/aromatic N) is 4. The van der Waals surface area contributed by atoms with Gasteiger partial charge in [-0.2, -0.15) is 0 Å². The van der Waals surface area contributed by atoms with Crippen LogP contribution in [0, 0.1) is 0 Å². The highest BCUT2D eigenvalue weighted by molar-refractivity contribution is 5.53. The number of unbranched alkanes of at least 4 members (excludes halogenated alkanes) is 2. The number of aromatic nitrogens is 4. The van der Waals surface area contributed by atoms with Crippen molar-refractivity contribution in [3.8, 4) is 0 Å². The van der Waals surface area contributed by atoms with Crippen LogP contribution >= 0.6 is 0 Å². The zero-order valence-electron chi connectivity index (χ0n) is 13.3. The van der Waals surface area contributed by atoms with Crippen molar-refractivity contribution in [1.82, 2.24) is 19.6 Å². The number of imidazole rings is 1. The first-order chi connectivity index (χ1) is 11.4. The molecule has 0 aliphatic carbocycles. The van der Waals surface area contributed by atoms with E-state index in [0.717, 1.165) is 29.1 Å². The number of anilines is 1. The van der Waals surface area contributed by atoms with E-state index in [1.165, 1.54) is 12.8 Å². The third kappa shape index (κ3) is 3.94. The van der Waals surface area contributed by atoms with E-state index in [-0.39, 0.29) is 0 Å². The number of rotatable bonds is 7. The van der Waals surface area contributed by atoms with Gasteiger partial charge in [-0.05, 0) is 36.3 Å². The molecule has 3 aromatic rings. The quantitative estimate of drug-likeness (QED) is 0.672. The van der Waals surface area contributed by atoms with E-state index in [0.29, 0.717) is 6.54 Å². The van der Waals surface area contributed by atoms with Crippen LogP contribution in [0.4, 0.5) is 5.82 Å². The maximum absolute atomic E-state index is 4.62. The van der Waals surface area contributed by atoms with E-state index in [4.69, 9.17) is 0 Å². The normalized spacial score (nSPS) is 11.3. The predicted octanol–water partition coefficient (Wildman–Crippen LogP) is 3.94. The smallest absolute Gasteiger partial charge is 0.154 e. The van der Waals surface area contributed by atoms with Crippen LogP contribution in [0.3, 0.4) is 0 Å². The SMILES string of the molecule is CCCC/C=C/c1cnc2ccc(NCc3cccnc3)nn12. The Balaban J connectivity index is 1.73. The maximum Gasteiger partial charge on any atom is 0.154 e. The molecule has 0 bridgehead atoms. The van der Waals surface area contributed by atoms with Gasteiger partial charge in [-0.1, -0.05) is 31.9 Å². The number of hydrogen-bond acceptors (Lipinski definition) is 4. The summed E-state index contributed by atoms with van der Waals surface area (Å²) in [5.74, 6) is 0.822. The molecule has 5 heteroatoms. The van der Waals surface area contributed by atoms with Crippen LogP contribution in [0.15, 0.2) is 48.9 Å². The molecule has 0 aromatic carbocycles. The number of nitrogens with one attached hydrogen (secondary N) is 1. The minimum absolute atomic E-state index is 0.697. The van der Waals surface area contributed by atoms with Gasteiger partial charge in [0.1, 0.15) is 5.82 Å². The van der Waals surface area contributed by atoms with Crippen molar-refractivity contribution in [3.05, 3.63) is 60.2 Å². The lowest BCUT2D eigenvalue weighted by Crippen LogP contribution is -2.04. The Labute approximate surface area is 136 Å². The second-order valence-electron chi connectivity index (χ2n) is 5.43. The Bertz CT molecular complexity index is 776. The second-order valence-corrected chi connectivity index (χ2v) is 5.43. The molecule has 0 saturated carbocycles. The standard InChI is InChI=1S/C18H21N5/c1-2-3-4-5-8-16-14-21-18-10-9-17(22-23(16)18)20-13-15-7-6-11-19-12-15/h5-12,14H,2-4,13H2,1H3,(H,20,22)/b8-5+. The molecular formula is C18H21N5. The van der Waals surface area contributed by atoms with Crippen LogP contribution in [0.5, 0.6) is 0 Å². The maximum atomic E-state index is 4.62. The van der Waals surface area contributed by atoms with Gasteiger partial charge in [-0.15, -0.1) is 5.10 Å². The van der Waals surface area contributed by atoms with Crippen molar-refractivity contribution in [2.45, 2.75) is 32.7 Å². The number of fused-ring (bicyclic) bond motifs is 1. The van der Waals surface area contributed by atoms with Gasteiger partial charge in [0.15, 0.2) is 5.65 Å². The average molecular weight is 307 g/mol. The summed E-state index contributed by atoms with van der Waals surface area (Å²) in [6.07, 6.45) is 13.3. The molecule has 0 atom stereocenters. The van der Waals surface area contributed by atoms with Gasteiger partial charge in [-0.25, -0.2) is 9.50 Å². The zero-order chi connectivity index (χ0) is 15.9. The molecule has 118 valence electrons. The van der Waals surface area contributed by atoms with Crippen molar-refractivity contribution in [1.29, 1.82) is 0 Å². The van der Waals surface area contributed by atoms with Crippen LogP contribution in [0.25, 0.3) is 11.7 Å². The number of pyridine rings is 1. The third-order valence-electron chi connectivity index (χ3n) is 3.60. The minimum Gasteiger partial charge on any atom is -0.364 e. The molecule has 1 N–H and O–H groups in total. The van der Waals surface area contributed by atoms with Crippen molar-refractivity contribution in [3.63, 3.8) is 0 Å². The van der Waals surface area contributed by atoms with Crippen LogP contribution in [0.1, 0.15) is 37.4 Å². The highest BCUT2D eigenvalue weighted by atomic mass is 15.3. The molecule has 0 amide bonds. The molecule has 0 spiro atoms. The molecule has 0 aliphatic rings. The monoisotopic (exact) mass is 307 g/mol. The van der Waals surface area contributed by atoms with Gasteiger partial charge >= 0.3 is 0 Å². The van der Waals surface area contributed by atoms with Crippen molar-refractivity contribution < 1.29 is 0 Å². The molecule has 3 aromatic heterocycles. The Hall–Kier alpha value is -2.69. The van der Waals surface area contributed by atoms with Crippen molar-refractivity contribution >= 4 is 17.5 Å². The summed E-state index contributed by atoms with van der Waals surface area (Å²) in [5, 5.41) is 7.94. The molecule has 3 heterocycles. The zero-order valence-corrected chi connectivity index (χ0v) is 13.3. The summed E-state index contributed by atoms with van der Waals surface area (Å²) in [6.45, 7) is 2.90. The Kier molecular flexibility index (Phi) is 4.99. The lowest BCUT2D eigenvalue weighted by atomic mass is 10.2. The van der Waals surface area contributed by atoms with E-state index < -0.39 is 0 Å². The van der Waals surface area contributed by atoms with E-state index in [2.05, 4.69) is 39.5 Å². The highest BCUT2D eigenvalue weighted by Crippen LogP contribution is 2.12. The third-order valence-corrected chi connectivity index (χ3v) is 3.60. The fourth-order valence-corrected chi connectivity index (χ4v) is 2.32. The molecule has 5 nitrogen and oxygen atoms in total. The van der Waals surface area contributed by atoms with Gasteiger partial charge in [0.05, 0.1) is 11.9 Å². The molecule has 0 aliphatic heterocycles. The molecule has 0 fully saturated rings. The van der Waals surface area contributed by atoms with E-state index in [9.17, 15) is 0 Å². The molecule has 3 rings (SSSR count). The van der Waals surface area contributed by atoms with Gasteiger partial charge in [0, 0.05) is 18.9 Å². The fraction of sp³-hybridized carbons (Fsp3) is 0.278. The molecular weight excluding hydrogens is 286 g/mol. The summed E-state index contributed by atoms with van der Waals surface area (Å²) >= 11 is 0. The first-order valence-electron chi connectivity index (χ1n) is 8.01. The molecule has 23 heavy (non-hydrogen) atoms. The molecule has 0 radical (unpaired) electrons. The first-order valence-corrected chi connectivity index (χ1v) is 8.01. The van der Waals surface area contributed by atoms with E-state index in [1.54, 1.807) is 6.20 Å². The average Bonchev–Trinajstić information content (AvgIpc) is 3.00. The molecule has 0 unspecified atom stereocenters. The van der Waals surface area contributed by atoms with Crippen LogP contribution in [0.2, 0.25) is 0 Å². The highest BCUT2D eigenvalue weighted by Gasteiger charge is 2.03. The van der Waals surface area contributed by atoms with Crippen molar-refractivity contribution in [2.75, 3.05) is 5.32 Å². The largest absolute Gasteiger partial charge is 0.364 e. The second kappa shape index (κ2) is 7.54. The summed E-state index contributed by atoms with van der Waals surface area (Å²) in [7, 11) is 0. The summed E-state index contributed by atoms with van der Waals surface area (Å²) in [6, 6.07) is 7.89. The molecule has 0 saturated heterocycles. The summed E-state index contributed by atoms with van der Waals surface area (Å²) in [4.78, 5) is 8.51. The van der Waals surface area contributed by atoms with Crippen LogP contribution in [-0.2, 0) is 6.54 Å². The number of hydrogen-bond donors (Lipinski definition) is 1. The van der Waals surface area contributed by atoms with Crippen molar-refractivity contribution in [2.24, 2.45) is 0 Å². The Morgan fingerprint density at radius 3 is 3.00 bits per heavy atom. The van der Waals surface area contributed by atoms with Gasteiger partial charge < -0.3 is 5.32 Å². The fourth-order valence-electron chi connectivity index (χ4n) is 2.32. The van der Waals surface area contributed by atoms with E-state index in [1.807, 2.05) is 41.2 Å². The first kappa shape index (κ1) is 15.2. The van der Waals surface area contributed by atoms with Gasteiger partial charge in [-0.3, -0.25) is 4.98 Å². The minimum atomic E-state index is 0.697. The van der Waals surface area contributed by atoms with Gasteiger partial charge in [0.2, 0.25) is 0 Å². The van der Waals surface area contributed by atoms with Crippen LogP contribution < -0.4 is 5.32 Å². The Morgan fingerprint density at radius 2 is 2.17 bits per heavy atom. The van der Waals surface area contributed by atoms with Crippen LogP contribution in [-0.4, -0.2) is 19.6 Å².